The zero-order valence-electron chi connectivity index (χ0n) is 13.7. The largest absolute Gasteiger partial charge is 0.350 e. The van der Waals surface area contributed by atoms with Gasteiger partial charge in [-0.2, -0.15) is 5.10 Å². The number of aryl methyl sites for hydroxylation is 1. The number of hydrogen-bond acceptors (Lipinski definition) is 3. The van der Waals surface area contributed by atoms with Gasteiger partial charge in [0.25, 0.3) is 5.91 Å². The quantitative estimate of drug-likeness (QED) is 0.865. The number of amides is 1. The van der Waals surface area contributed by atoms with E-state index in [4.69, 9.17) is 11.6 Å². The lowest BCUT2D eigenvalue weighted by molar-refractivity contribution is 0.0950. The normalized spacial score (nSPS) is 11.7. The van der Waals surface area contributed by atoms with E-state index in [2.05, 4.69) is 15.7 Å². The number of nitrogens with one attached hydrogen (secondary N) is 2. The third kappa shape index (κ3) is 4.47. The molecular weight excluding hydrogens is 335 g/mol. The predicted molar refractivity (Wildman–Crippen MR) is 96.2 cm³/mol. The zero-order chi connectivity index (χ0) is 16.3. The first kappa shape index (κ1) is 19.5. The highest BCUT2D eigenvalue weighted by Gasteiger charge is 2.12. The van der Waals surface area contributed by atoms with Crippen LogP contribution in [0.4, 0.5) is 0 Å². The number of carbonyl (C=O) groups excluding carboxylic acids is 1. The summed E-state index contributed by atoms with van der Waals surface area (Å²) < 4.78 is 1.78. The minimum absolute atomic E-state index is 0. The van der Waals surface area contributed by atoms with Crippen molar-refractivity contribution in [3.63, 3.8) is 0 Å². The van der Waals surface area contributed by atoms with Crippen LogP contribution in [0.1, 0.15) is 28.7 Å². The van der Waals surface area contributed by atoms with Crippen molar-refractivity contribution in [1.29, 1.82) is 0 Å². The number of halogens is 2. The number of hydrogen-bond donors (Lipinski definition) is 2. The molecule has 2 N–H and O–H groups in total. The summed E-state index contributed by atoms with van der Waals surface area (Å²) in [6.07, 6.45) is 0. The summed E-state index contributed by atoms with van der Waals surface area (Å²) in [5.41, 5.74) is 3.19. The molecule has 0 aliphatic heterocycles. The maximum Gasteiger partial charge on any atom is 0.251 e. The third-order valence-electron chi connectivity index (χ3n) is 3.64. The number of likely N-dealkylation sites (N-methyl/N-ethyl adjacent to an activating group) is 1. The number of nitrogens with zero attached hydrogens (tertiary/aromatic N) is 2. The second-order valence-electron chi connectivity index (χ2n) is 5.34. The molecule has 0 aliphatic carbocycles. The average Bonchev–Trinajstić information content (AvgIpc) is 2.80. The molecule has 1 atom stereocenters. The van der Waals surface area contributed by atoms with Crippen LogP contribution in [0, 0.1) is 13.8 Å². The first-order valence-electron chi connectivity index (χ1n) is 7.21. The summed E-state index contributed by atoms with van der Waals surface area (Å²) in [5.74, 6) is -0.0833. The van der Waals surface area contributed by atoms with E-state index in [1.165, 1.54) is 0 Å². The molecule has 2 aromatic rings. The second-order valence-corrected chi connectivity index (χ2v) is 5.72. The Morgan fingerprint density at radius 1 is 1.30 bits per heavy atom. The first-order valence-corrected chi connectivity index (χ1v) is 7.59. The van der Waals surface area contributed by atoms with Crippen molar-refractivity contribution in [3.8, 4) is 5.69 Å². The first-order chi connectivity index (χ1) is 10.4. The van der Waals surface area contributed by atoms with E-state index in [0.29, 0.717) is 17.1 Å². The number of carbonyl (C=O) groups is 1. The van der Waals surface area contributed by atoms with Crippen LogP contribution in [-0.2, 0) is 0 Å². The minimum Gasteiger partial charge on any atom is -0.350 e. The molecule has 1 aromatic carbocycles. The molecule has 1 amide bonds. The molecule has 1 unspecified atom stereocenters. The minimum atomic E-state index is -0.0833. The van der Waals surface area contributed by atoms with Gasteiger partial charge in [0.05, 0.1) is 22.1 Å². The standard InChI is InChI=1S/C16H21ClN4O.ClH/c1-10(18-4)9-19-16(22)13-5-7-14(8-6-13)21-12(3)15(17)11(2)20-21;/h5-8,10,18H,9H2,1-4H3,(H,19,22);1H. The van der Waals surface area contributed by atoms with Crippen molar-refractivity contribution in [2.45, 2.75) is 26.8 Å². The van der Waals surface area contributed by atoms with Crippen molar-refractivity contribution < 1.29 is 4.79 Å². The Balaban J connectivity index is 0.00000264. The molecule has 2 rings (SSSR count). The lowest BCUT2D eigenvalue weighted by Gasteiger charge is -2.11. The number of rotatable bonds is 5. The molecule has 1 heterocycles. The fraction of sp³-hybridized carbons (Fsp3) is 0.375. The molecule has 0 radical (unpaired) electrons. The van der Waals surface area contributed by atoms with Crippen LogP contribution in [0.15, 0.2) is 24.3 Å². The van der Waals surface area contributed by atoms with E-state index in [1.807, 2.05) is 40.0 Å². The summed E-state index contributed by atoms with van der Waals surface area (Å²) in [4.78, 5) is 12.1. The van der Waals surface area contributed by atoms with Gasteiger partial charge in [0.15, 0.2) is 0 Å². The van der Waals surface area contributed by atoms with Gasteiger partial charge in [-0.1, -0.05) is 11.6 Å². The van der Waals surface area contributed by atoms with Gasteiger partial charge in [0, 0.05) is 18.2 Å². The Labute approximate surface area is 147 Å². The zero-order valence-corrected chi connectivity index (χ0v) is 15.3. The van der Waals surface area contributed by atoms with Gasteiger partial charge in [-0.25, -0.2) is 4.68 Å². The SMILES string of the molecule is CNC(C)CNC(=O)c1ccc(-n2nc(C)c(Cl)c2C)cc1.Cl. The highest BCUT2D eigenvalue weighted by Crippen LogP contribution is 2.22. The molecule has 126 valence electrons. The van der Waals surface area contributed by atoms with E-state index in [-0.39, 0.29) is 24.4 Å². The Morgan fingerprint density at radius 3 is 2.39 bits per heavy atom. The molecule has 7 heteroatoms. The van der Waals surface area contributed by atoms with Crippen molar-refractivity contribution in [2.75, 3.05) is 13.6 Å². The summed E-state index contributed by atoms with van der Waals surface area (Å²) >= 11 is 6.16. The maximum absolute atomic E-state index is 12.1. The van der Waals surface area contributed by atoms with Crippen molar-refractivity contribution in [1.82, 2.24) is 20.4 Å². The Bertz CT molecular complexity index is 667. The molecular formula is C16H22Cl2N4O. The van der Waals surface area contributed by atoms with E-state index >= 15 is 0 Å². The fourth-order valence-corrected chi connectivity index (χ4v) is 2.20. The molecule has 0 saturated heterocycles. The molecule has 0 aliphatic rings. The summed E-state index contributed by atoms with van der Waals surface area (Å²) in [5, 5.41) is 11.0. The molecule has 1 aromatic heterocycles. The van der Waals surface area contributed by atoms with Crippen molar-refractivity contribution in [3.05, 3.63) is 46.2 Å². The van der Waals surface area contributed by atoms with Crippen molar-refractivity contribution >= 4 is 29.9 Å². The highest BCUT2D eigenvalue weighted by atomic mass is 35.5. The van der Waals surface area contributed by atoms with Gasteiger partial charge in [-0.3, -0.25) is 4.79 Å². The van der Waals surface area contributed by atoms with Crippen LogP contribution in [-0.4, -0.2) is 35.3 Å². The lowest BCUT2D eigenvalue weighted by Crippen LogP contribution is -2.37. The Hall–Kier alpha value is -1.56. The second kappa shape index (κ2) is 8.34. The molecule has 0 spiro atoms. The smallest absolute Gasteiger partial charge is 0.251 e. The van der Waals surface area contributed by atoms with Gasteiger partial charge in [-0.15, -0.1) is 12.4 Å². The van der Waals surface area contributed by atoms with Crippen LogP contribution in [0.25, 0.3) is 5.69 Å². The van der Waals surface area contributed by atoms with Crippen LogP contribution in [0.2, 0.25) is 5.02 Å². The van der Waals surface area contributed by atoms with Crippen molar-refractivity contribution in [2.24, 2.45) is 0 Å². The van der Waals surface area contributed by atoms with E-state index in [0.717, 1.165) is 17.1 Å². The molecule has 0 fully saturated rings. The molecule has 23 heavy (non-hydrogen) atoms. The number of aromatic nitrogens is 2. The van der Waals surface area contributed by atoms with Gasteiger partial charge in [0.1, 0.15) is 0 Å². The Morgan fingerprint density at radius 2 is 1.91 bits per heavy atom. The monoisotopic (exact) mass is 356 g/mol. The molecule has 0 bridgehead atoms. The van der Waals surface area contributed by atoms with Gasteiger partial charge in [-0.05, 0) is 52.1 Å². The lowest BCUT2D eigenvalue weighted by atomic mass is 10.2. The van der Waals surface area contributed by atoms with E-state index in [1.54, 1.807) is 16.8 Å². The number of benzene rings is 1. The van der Waals surface area contributed by atoms with Crippen LogP contribution >= 0.6 is 24.0 Å². The third-order valence-corrected chi connectivity index (χ3v) is 4.19. The van der Waals surface area contributed by atoms with Gasteiger partial charge in [0.2, 0.25) is 0 Å². The average molecular weight is 357 g/mol. The summed E-state index contributed by atoms with van der Waals surface area (Å²) in [6, 6.07) is 7.55. The summed E-state index contributed by atoms with van der Waals surface area (Å²) in [6.45, 7) is 6.39. The van der Waals surface area contributed by atoms with Crippen LogP contribution in [0.5, 0.6) is 0 Å². The predicted octanol–water partition coefficient (Wildman–Crippen LogP) is 2.90. The van der Waals surface area contributed by atoms with Crippen LogP contribution in [0.3, 0.4) is 0 Å². The molecule has 5 nitrogen and oxygen atoms in total. The topological polar surface area (TPSA) is 58.9 Å². The van der Waals surface area contributed by atoms with Crippen LogP contribution < -0.4 is 10.6 Å². The van der Waals surface area contributed by atoms with E-state index in [9.17, 15) is 4.79 Å². The fourth-order valence-electron chi connectivity index (χ4n) is 2.08. The maximum atomic E-state index is 12.1. The summed E-state index contributed by atoms with van der Waals surface area (Å²) in [7, 11) is 1.87. The highest BCUT2D eigenvalue weighted by molar-refractivity contribution is 6.31. The van der Waals surface area contributed by atoms with Gasteiger partial charge >= 0.3 is 0 Å². The van der Waals surface area contributed by atoms with E-state index < -0.39 is 0 Å². The Kier molecular flexibility index (Phi) is 7.06. The van der Waals surface area contributed by atoms with Gasteiger partial charge < -0.3 is 10.6 Å². The molecule has 0 saturated carbocycles.